The molecule has 0 unspecified atom stereocenters. The van der Waals surface area contributed by atoms with E-state index in [9.17, 15) is 4.79 Å². The van der Waals surface area contributed by atoms with Crippen molar-refractivity contribution in [1.82, 2.24) is 9.97 Å². The fraction of sp³-hybridized carbons (Fsp3) is 0. The summed E-state index contributed by atoms with van der Waals surface area (Å²) in [5.41, 5.74) is 1.26. The van der Waals surface area contributed by atoms with Gasteiger partial charge in [-0.25, -0.2) is 4.98 Å². The van der Waals surface area contributed by atoms with Gasteiger partial charge in [0, 0.05) is 17.8 Å². The molecule has 1 radical (unpaired) electrons. The maximum atomic E-state index is 10.3. The average Bonchev–Trinajstić information content (AvgIpc) is 2.47. The zero-order valence-corrected chi connectivity index (χ0v) is 5.66. The third-order valence-electron chi connectivity index (χ3n) is 1.56. The first-order valence-corrected chi connectivity index (χ1v) is 3.22. The van der Waals surface area contributed by atoms with Gasteiger partial charge in [0.05, 0.1) is 5.56 Å². The Bertz CT molecular complexity index is 392. The van der Waals surface area contributed by atoms with E-state index in [-0.39, 0.29) is 0 Å². The fourth-order valence-electron chi connectivity index (χ4n) is 1.04. The number of H-pyrrole nitrogens is 1. The summed E-state index contributed by atoms with van der Waals surface area (Å²) in [6.45, 7) is 0. The van der Waals surface area contributed by atoms with Crippen molar-refractivity contribution in [2.75, 3.05) is 0 Å². The summed E-state index contributed by atoms with van der Waals surface area (Å²) >= 11 is 0. The van der Waals surface area contributed by atoms with Gasteiger partial charge in [0.25, 0.3) is 0 Å². The lowest BCUT2D eigenvalue weighted by Crippen LogP contribution is -1.75. The highest BCUT2D eigenvalue weighted by Gasteiger charge is 2.01. The van der Waals surface area contributed by atoms with Crippen LogP contribution >= 0.6 is 0 Å². The molecule has 2 rings (SSSR count). The predicted molar refractivity (Wildman–Crippen MR) is 40.9 cm³/mol. The van der Waals surface area contributed by atoms with Crippen molar-refractivity contribution < 1.29 is 4.79 Å². The van der Waals surface area contributed by atoms with Crippen molar-refractivity contribution in [3.05, 3.63) is 30.1 Å². The molecule has 0 aliphatic rings. The van der Waals surface area contributed by atoms with E-state index in [1.54, 1.807) is 18.5 Å². The Morgan fingerprint density at radius 3 is 3.27 bits per heavy atom. The van der Waals surface area contributed by atoms with Gasteiger partial charge in [-0.1, -0.05) is 0 Å². The number of aromatic amines is 1. The molecule has 1 N–H and O–H groups in total. The van der Waals surface area contributed by atoms with Gasteiger partial charge in [0.1, 0.15) is 5.65 Å². The molecular formula is C8H5N2O. The van der Waals surface area contributed by atoms with Crippen LogP contribution in [0.1, 0.15) is 5.56 Å². The van der Waals surface area contributed by atoms with Crippen molar-refractivity contribution in [1.29, 1.82) is 0 Å². The summed E-state index contributed by atoms with van der Waals surface area (Å²) in [5, 5.41) is 0.822. The van der Waals surface area contributed by atoms with E-state index in [1.165, 1.54) is 0 Å². The van der Waals surface area contributed by atoms with E-state index >= 15 is 0 Å². The lowest BCUT2D eigenvalue weighted by molar-refractivity contribution is 0.563. The van der Waals surface area contributed by atoms with Crippen molar-refractivity contribution in [2.45, 2.75) is 0 Å². The Kier molecular flexibility index (Phi) is 1.22. The number of rotatable bonds is 1. The first kappa shape index (κ1) is 6.09. The molecule has 0 spiro atoms. The summed E-state index contributed by atoms with van der Waals surface area (Å²) in [5.74, 6) is 0. The summed E-state index contributed by atoms with van der Waals surface area (Å²) < 4.78 is 0. The maximum absolute atomic E-state index is 10.3. The highest BCUT2D eigenvalue weighted by Crippen LogP contribution is 2.12. The van der Waals surface area contributed by atoms with E-state index in [4.69, 9.17) is 0 Å². The van der Waals surface area contributed by atoms with Crippen molar-refractivity contribution in [3.8, 4) is 0 Å². The molecule has 0 atom stereocenters. The normalized spacial score (nSPS) is 10.2. The molecule has 0 amide bonds. The van der Waals surface area contributed by atoms with Gasteiger partial charge in [-0.15, -0.1) is 0 Å². The molecule has 2 heterocycles. The molecule has 2 aromatic heterocycles. The molecule has 0 bridgehead atoms. The first-order chi connectivity index (χ1) is 5.42. The molecule has 11 heavy (non-hydrogen) atoms. The molecule has 0 saturated heterocycles. The van der Waals surface area contributed by atoms with Crippen molar-refractivity contribution in [2.24, 2.45) is 0 Å². The Balaban J connectivity index is 2.86. The van der Waals surface area contributed by atoms with Crippen LogP contribution in [0.5, 0.6) is 0 Å². The number of hydrogen-bond donors (Lipinski definition) is 1. The SMILES string of the molecule is O=[C]c1c[nH]c2ncccc12. The smallest absolute Gasteiger partial charge is 0.235 e. The number of carbonyl (C=O) groups excluding carboxylic acids is 1. The van der Waals surface area contributed by atoms with Crippen LogP contribution in [0.25, 0.3) is 11.0 Å². The minimum absolute atomic E-state index is 0.535. The lowest BCUT2D eigenvalue weighted by Gasteiger charge is -1.85. The quantitative estimate of drug-likeness (QED) is 0.651. The van der Waals surface area contributed by atoms with Gasteiger partial charge in [-0.3, -0.25) is 4.79 Å². The number of hydrogen-bond acceptors (Lipinski definition) is 2. The van der Waals surface area contributed by atoms with Crippen molar-refractivity contribution in [3.63, 3.8) is 0 Å². The molecule has 53 valence electrons. The van der Waals surface area contributed by atoms with Gasteiger partial charge in [0.2, 0.25) is 6.29 Å². The van der Waals surface area contributed by atoms with E-state index in [1.807, 2.05) is 12.4 Å². The predicted octanol–water partition coefficient (Wildman–Crippen LogP) is 1.02. The van der Waals surface area contributed by atoms with Crippen LogP contribution in [0.2, 0.25) is 0 Å². The summed E-state index contributed by atoms with van der Waals surface area (Å²) in [7, 11) is 0. The average molecular weight is 145 g/mol. The zero-order valence-electron chi connectivity index (χ0n) is 5.66. The first-order valence-electron chi connectivity index (χ1n) is 3.22. The molecule has 2 aromatic rings. The van der Waals surface area contributed by atoms with Crippen LogP contribution < -0.4 is 0 Å². The standard InChI is InChI=1S/C8H5N2O/c11-5-6-4-10-8-7(6)2-1-3-9-8/h1-4H,(H,9,10). The van der Waals surface area contributed by atoms with Crippen LogP contribution in [0.3, 0.4) is 0 Å². The van der Waals surface area contributed by atoms with Gasteiger partial charge in [-0.05, 0) is 12.1 Å². The molecule has 0 aliphatic heterocycles. The van der Waals surface area contributed by atoms with Crippen LogP contribution in [0.4, 0.5) is 0 Å². The summed E-state index contributed by atoms with van der Waals surface area (Å²) in [4.78, 5) is 17.2. The van der Waals surface area contributed by atoms with E-state index in [2.05, 4.69) is 9.97 Å². The van der Waals surface area contributed by atoms with Gasteiger partial charge in [0.15, 0.2) is 0 Å². The molecule has 0 saturated carbocycles. The van der Waals surface area contributed by atoms with Crippen molar-refractivity contribution >= 4 is 17.3 Å². The van der Waals surface area contributed by atoms with Crippen LogP contribution in [-0.4, -0.2) is 16.3 Å². The molecular weight excluding hydrogens is 140 g/mol. The zero-order chi connectivity index (χ0) is 7.68. The number of nitrogens with zero attached hydrogens (tertiary/aromatic N) is 1. The monoisotopic (exact) mass is 145 g/mol. The van der Waals surface area contributed by atoms with Crippen LogP contribution in [-0.2, 0) is 4.79 Å². The Morgan fingerprint density at radius 2 is 2.45 bits per heavy atom. The highest BCUT2D eigenvalue weighted by atomic mass is 16.1. The maximum Gasteiger partial charge on any atom is 0.235 e. The van der Waals surface area contributed by atoms with E-state index < -0.39 is 0 Å². The van der Waals surface area contributed by atoms with Crippen LogP contribution in [0.15, 0.2) is 24.5 Å². The lowest BCUT2D eigenvalue weighted by atomic mass is 10.2. The van der Waals surface area contributed by atoms with Gasteiger partial charge < -0.3 is 4.98 Å². The van der Waals surface area contributed by atoms with E-state index in [0.29, 0.717) is 5.56 Å². The largest absolute Gasteiger partial charge is 0.345 e. The number of fused-ring (bicyclic) bond motifs is 1. The second kappa shape index (κ2) is 2.20. The number of nitrogens with one attached hydrogen (secondary N) is 1. The minimum Gasteiger partial charge on any atom is -0.345 e. The Hall–Kier alpha value is -1.64. The summed E-state index contributed by atoms with van der Waals surface area (Å²) in [6.07, 6.45) is 5.10. The fourth-order valence-corrected chi connectivity index (χ4v) is 1.04. The second-order valence-electron chi connectivity index (χ2n) is 2.20. The van der Waals surface area contributed by atoms with Gasteiger partial charge in [-0.2, -0.15) is 0 Å². The van der Waals surface area contributed by atoms with E-state index in [0.717, 1.165) is 11.0 Å². The molecule has 0 fully saturated rings. The third-order valence-corrected chi connectivity index (χ3v) is 1.56. The second-order valence-corrected chi connectivity index (χ2v) is 2.20. The topological polar surface area (TPSA) is 45.8 Å². The summed E-state index contributed by atoms with van der Waals surface area (Å²) in [6, 6.07) is 3.62. The number of pyridine rings is 1. The van der Waals surface area contributed by atoms with Crippen LogP contribution in [0, 0.1) is 0 Å². The Morgan fingerprint density at radius 1 is 1.55 bits per heavy atom. The molecule has 3 nitrogen and oxygen atoms in total. The van der Waals surface area contributed by atoms with Gasteiger partial charge >= 0.3 is 0 Å². The minimum atomic E-state index is 0.535. The molecule has 0 aliphatic carbocycles. The number of aromatic nitrogens is 2. The Labute approximate surface area is 63.1 Å². The third kappa shape index (κ3) is 0.816. The highest BCUT2D eigenvalue weighted by molar-refractivity contribution is 5.95. The molecule has 3 heteroatoms. The molecule has 0 aromatic carbocycles.